The second-order valence-electron chi connectivity index (χ2n) is 23.9. The molecule has 1 saturated carbocycles. The van der Waals surface area contributed by atoms with Crippen LogP contribution in [0.3, 0.4) is 0 Å². The Bertz CT molecular complexity index is 3530. The lowest BCUT2D eigenvalue weighted by molar-refractivity contribution is -0.384. The van der Waals surface area contributed by atoms with E-state index in [2.05, 4.69) is 88.7 Å². The number of nitrogens with zero attached hydrogens (tertiary/aromatic N) is 9. The van der Waals surface area contributed by atoms with Crippen molar-refractivity contribution in [3.8, 4) is 11.6 Å². The number of methoxy groups -OCH3 is 1. The number of amides is 1. The lowest BCUT2D eigenvalue weighted by Gasteiger charge is -2.58. The minimum absolute atomic E-state index is 0.0881. The molecule has 0 unspecified atom stereocenters. The zero-order chi connectivity index (χ0) is 57.7. The van der Waals surface area contributed by atoms with E-state index >= 15 is 0 Å². The molecule has 1 amide bonds. The van der Waals surface area contributed by atoms with Crippen molar-refractivity contribution in [1.82, 2.24) is 34.5 Å². The van der Waals surface area contributed by atoms with Crippen LogP contribution in [0.25, 0.3) is 11.0 Å². The molecule has 1 spiro atoms. The number of carbonyl (C=O) groups is 1. The van der Waals surface area contributed by atoms with Gasteiger partial charge in [0.2, 0.25) is 5.88 Å². The summed E-state index contributed by atoms with van der Waals surface area (Å²) < 4.78 is 60.2. The third-order valence-electron chi connectivity index (χ3n) is 18.8. The number of benzene rings is 2. The summed E-state index contributed by atoms with van der Waals surface area (Å²) in [7, 11) is -3.01. The fraction of sp³-hybridized carbons (Fsp3) is 0.508. The molecule has 0 bridgehead atoms. The number of piperazine rings is 1. The number of aryl methyl sites for hydroxylation is 1. The van der Waals surface area contributed by atoms with Gasteiger partial charge < -0.3 is 48.7 Å². The van der Waals surface area contributed by atoms with Crippen molar-refractivity contribution in [1.29, 1.82) is 0 Å². The van der Waals surface area contributed by atoms with Gasteiger partial charge in [0.25, 0.3) is 21.6 Å². The molecule has 6 aromatic rings. The smallest absolute Gasteiger partial charge is 0.296 e. The number of anilines is 5. The number of H-pyrrole nitrogens is 1. The largest absolute Gasteiger partial charge is 0.493 e. The Morgan fingerprint density at radius 2 is 1.71 bits per heavy atom. The van der Waals surface area contributed by atoms with Crippen molar-refractivity contribution in [2.45, 2.75) is 101 Å². The fourth-order valence-electron chi connectivity index (χ4n) is 14.1. The van der Waals surface area contributed by atoms with Crippen LogP contribution in [0.1, 0.15) is 85.0 Å². The molecule has 0 radical (unpaired) electrons. The maximum atomic E-state index is 14.8. The van der Waals surface area contributed by atoms with E-state index in [4.69, 9.17) is 33.7 Å². The Kier molecular flexibility index (Phi) is 15.6. The van der Waals surface area contributed by atoms with Crippen LogP contribution in [0.2, 0.25) is 0 Å². The summed E-state index contributed by atoms with van der Waals surface area (Å²) in [5.74, 6) is 1.34. The molecular formula is C61H74N12O10S. The first-order valence-corrected chi connectivity index (χ1v) is 31.1. The second kappa shape index (κ2) is 23.4. The molecule has 10 heterocycles. The van der Waals surface area contributed by atoms with Gasteiger partial charge >= 0.3 is 0 Å². The highest BCUT2D eigenvalue weighted by Gasteiger charge is 2.50. The Labute approximate surface area is 489 Å². The summed E-state index contributed by atoms with van der Waals surface area (Å²) in [5.41, 5.74) is 6.37. The predicted octanol–water partition coefficient (Wildman–Crippen LogP) is 7.76. The average molecular weight is 1170 g/mol. The maximum Gasteiger partial charge on any atom is 0.296 e. The standard InChI is InChI=1S/C61H74N12O10S/c1-39-6-4-5-7-46(39)53-36-68(35-42-26-54(79-3)58(65-33-42)70-21-25-82-37-40(70)2)19-20-71(53)45-30-61(31-45)14-17-69(18-15-61)44-8-9-47(50(28-44)72-49-13-24-81-38-55(49)83-60-52(72)27-43-10-16-62-57(43)66-60)59(74)67-84(77,78)56-29-51(73(75)76)48(34-64-56)63-32-41-11-22-80-23-12-41/h4-10,16,26-29,33-34,40-41,45,49,53,55,63H,11-15,17-25,30-32,35-38H2,1-3H3,(H,62,66)(H,67,74)/t40-,49+,53+,55+/m1/s1. The van der Waals surface area contributed by atoms with Crippen LogP contribution in [-0.2, 0) is 30.8 Å². The molecular weight excluding hydrogens is 1090 g/mol. The Hall–Kier alpha value is -7.15. The van der Waals surface area contributed by atoms with Crippen LogP contribution in [0.4, 0.5) is 34.3 Å². The summed E-state index contributed by atoms with van der Waals surface area (Å²) in [6.45, 7) is 14.1. The molecule has 22 nitrogen and oxygen atoms in total. The number of hydrogen-bond donors (Lipinski definition) is 3. The number of fused-ring (bicyclic) bond motifs is 3. The summed E-state index contributed by atoms with van der Waals surface area (Å²) >= 11 is 0. The number of morpholine rings is 1. The molecule has 2 aromatic carbocycles. The molecule has 3 N–H and O–H groups in total. The van der Waals surface area contributed by atoms with Gasteiger partial charge in [-0.3, -0.25) is 24.7 Å². The number of piperidine rings is 1. The van der Waals surface area contributed by atoms with Crippen molar-refractivity contribution < 1.29 is 41.8 Å². The van der Waals surface area contributed by atoms with E-state index in [1.807, 2.05) is 36.7 Å². The molecule has 444 valence electrons. The van der Waals surface area contributed by atoms with Crippen molar-refractivity contribution in [2.75, 3.05) is 113 Å². The number of sulfonamides is 1. The quantitative estimate of drug-likeness (QED) is 0.0658. The first-order chi connectivity index (χ1) is 40.8. The van der Waals surface area contributed by atoms with Gasteiger partial charge in [-0.25, -0.2) is 14.7 Å². The topological polar surface area (TPSA) is 235 Å². The van der Waals surface area contributed by atoms with Crippen molar-refractivity contribution >= 4 is 61.2 Å². The second-order valence-corrected chi connectivity index (χ2v) is 25.6. The van der Waals surface area contributed by atoms with E-state index in [1.165, 1.54) is 11.1 Å². The highest BCUT2D eigenvalue weighted by molar-refractivity contribution is 7.90. The van der Waals surface area contributed by atoms with Crippen LogP contribution in [0.15, 0.2) is 90.3 Å². The highest BCUT2D eigenvalue weighted by atomic mass is 32.2. The number of carbonyl (C=O) groups excluding carboxylic acids is 1. The number of nitrogens with one attached hydrogen (secondary N) is 3. The van der Waals surface area contributed by atoms with E-state index in [9.17, 15) is 23.3 Å². The highest BCUT2D eigenvalue weighted by Crippen LogP contribution is 2.54. The zero-order valence-electron chi connectivity index (χ0n) is 47.9. The number of aromatic nitrogens is 4. The van der Waals surface area contributed by atoms with Gasteiger partial charge in [0.15, 0.2) is 16.6 Å². The minimum Gasteiger partial charge on any atom is -0.493 e. The number of aromatic amines is 1. The molecule has 84 heavy (non-hydrogen) atoms. The predicted molar refractivity (Wildman–Crippen MR) is 317 cm³/mol. The summed E-state index contributed by atoms with van der Waals surface area (Å²) in [4.78, 5) is 55.8. The van der Waals surface area contributed by atoms with Gasteiger partial charge in [-0.2, -0.15) is 13.4 Å². The van der Waals surface area contributed by atoms with Crippen molar-refractivity contribution in [3.05, 3.63) is 118 Å². The first-order valence-electron chi connectivity index (χ1n) is 29.7. The normalized spacial score (nSPS) is 23.3. The molecule has 5 saturated heterocycles. The van der Waals surface area contributed by atoms with E-state index in [0.29, 0.717) is 81.6 Å². The van der Waals surface area contributed by atoms with Crippen LogP contribution < -0.4 is 34.2 Å². The number of hydrogen-bond acceptors (Lipinski definition) is 19. The Morgan fingerprint density at radius 3 is 2.51 bits per heavy atom. The van der Waals surface area contributed by atoms with Gasteiger partial charge in [-0.15, -0.1) is 0 Å². The van der Waals surface area contributed by atoms with Gasteiger partial charge in [0, 0.05) is 108 Å². The number of rotatable bonds is 15. The molecule has 1 aliphatic carbocycles. The number of nitro groups is 1. The van der Waals surface area contributed by atoms with E-state index in [1.54, 1.807) is 13.2 Å². The minimum atomic E-state index is -4.73. The summed E-state index contributed by atoms with van der Waals surface area (Å²) in [6, 6.07) is 22.0. The monoisotopic (exact) mass is 1170 g/mol. The lowest BCUT2D eigenvalue weighted by atomic mass is 9.59. The van der Waals surface area contributed by atoms with Gasteiger partial charge in [-0.05, 0) is 123 Å². The van der Waals surface area contributed by atoms with Crippen molar-refractivity contribution in [3.63, 3.8) is 0 Å². The van der Waals surface area contributed by atoms with Gasteiger partial charge in [0.05, 0.1) is 67.5 Å². The van der Waals surface area contributed by atoms with Crippen molar-refractivity contribution in [2.24, 2.45) is 11.3 Å². The van der Waals surface area contributed by atoms with E-state index in [-0.39, 0.29) is 40.7 Å². The fourth-order valence-corrected chi connectivity index (χ4v) is 15.0. The first kappa shape index (κ1) is 56.0. The molecule has 13 rings (SSSR count). The Morgan fingerprint density at radius 1 is 0.905 bits per heavy atom. The summed E-state index contributed by atoms with van der Waals surface area (Å²) in [5, 5.41) is 15.6. The SMILES string of the molecule is COc1cc(CN2CCN(C3CC4(CCN(c5ccc(C(=O)NS(=O)(=O)c6cc([N+](=O)[O-])c(NCC7CCOCC7)cn6)c(N6c7cc8cc[nH]c8nc7O[C@H]7COCC[C@@H]76)c5)CC4)C3)[C@H](c3ccccc3C)C2)cnc1N1CCOC[C@H]1C. The molecule has 23 heteroatoms. The molecule has 4 atom stereocenters. The van der Waals surface area contributed by atoms with Crippen LogP contribution in [-0.4, -0.2) is 166 Å². The third-order valence-corrected chi connectivity index (χ3v) is 20.0. The maximum absolute atomic E-state index is 14.8. The van der Waals surface area contributed by atoms with Gasteiger partial charge in [-0.1, -0.05) is 24.3 Å². The van der Waals surface area contributed by atoms with E-state index in [0.717, 1.165) is 125 Å². The van der Waals surface area contributed by atoms with E-state index < -0.39 is 37.7 Å². The lowest BCUT2D eigenvalue weighted by Crippen LogP contribution is -2.59. The molecule has 6 fully saturated rings. The molecule has 7 aliphatic rings. The third kappa shape index (κ3) is 11.1. The zero-order valence-corrected chi connectivity index (χ0v) is 48.7. The molecule has 6 aliphatic heterocycles. The number of pyridine rings is 3. The Balaban J connectivity index is 0.739. The molecule has 4 aromatic heterocycles. The van der Waals surface area contributed by atoms with Crippen LogP contribution in [0.5, 0.6) is 11.6 Å². The van der Waals surface area contributed by atoms with Gasteiger partial charge in [0.1, 0.15) is 23.1 Å². The average Bonchev–Trinajstić information content (AvgIpc) is 1.78. The number of ether oxygens (including phenoxy) is 5. The van der Waals surface area contributed by atoms with Crippen LogP contribution in [0, 0.1) is 28.4 Å². The van der Waals surface area contributed by atoms with Crippen LogP contribution >= 0.6 is 0 Å². The summed E-state index contributed by atoms with van der Waals surface area (Å²) in [6.07, 6.45) is 10.9.